The summed E-state index contributed by atoms with van der Waals surface area (Å²) in [6.45, 7) is 5.77. The number of pyridine rings is 1. The van der Waals surface area contributed by atoms with E-state index in [1.807, 2.05) is 12.1 Å². The molecule has 32 heavy (non-hydrogen) atoms. The minimum Gasteiger partial charge on any atom is -0.478 e. The summed E-state index contributed by atoms with van der Waals surface area (Å²) in [5.41, 5.74) is 2.51. The van der Waals surface area contributed by atoms with Gasteiger partial charge in [0.1, 0.15) is 5.82 Å². The van der Waals surface area contributed by atoms with E-state index in [0.29, 0.717) is 12.2 Å². The fourth-order valence-corrected chi connectivity index (χ4v) is 3.92. The molecule has 6 nitrogen and oxygen atoms in total. The number of nitrogens with one attached hydrogen (secondary N) is 1. The molecule has 4 rings (SSSR count). The summed E-state index contributed by atoms with van der Waals surface area (Å²) in [7, 11) is 0. The Hall–Kier alpha value is -3.42. The molecule has 0 unspecified atom stereocenters. The molecule has 1 aliphatic carbocycles. The number of hydrogen-bond acceptors (Lipinski definition) is 5. The van der Waals surface area contributed by atoms with Gasteiger partial charge < -0.3 is 10.1 Å². The number of ether oxygens (including phenoxy) is 1. The van der Waals surface area contributed by atoms with Crippen LogP contribution in [0.4, 0.5) is 8.78 Å². The fraction of sp³-hybridized carbons (Fsp3) is 0.333. The number of carbonyl (C=O) groups excluding carboxylic acids is 1. The molecular weight excluding hydrogens is 414 g/mol. The van der Waals surface area contributed by atoms with E-state index in [2.05, 4.69) is 29.1 Å². The molecule has 2 heterocycles. The molecule has 0 saturated heterocycles. The third kappa shape index (κ3) is 4.74. The van der Waals surface area contributed by atoms with Crippen LogP contribution >= 0.6 is 0 Å². The first-order valence-corrected chi connectivity index (χ1v) is 10.4. The molecule has 1 aromatic carbocycles. The molecule has 0 aliphatic heterocycles. The van der Waals surface area contributed by atoms with Gasteiger partial charge in [0.15, 0.2) is 23.5 Å². The van der Waals surface area contributed by atoms with E-state index in [0.717, 1.165) is 35.4 Å². The Morgan fingerprint density at radius 2 is 1.97 bits per heavy atom. The molecule has 166 valence electrons. The molecule has 0 saturated carbocycles. The molecule has 1 aliphatic rings. The predicted molar refractivity (Wildman–Crippen MR) is 115 cm³/mol. The molecule has 0 radical (unpaired) electrons. The van der Waals surface area contributed by atoms with Crippen LogP contribution < -0.4 is 10.1 Å². The van der Waals surface area contributed by atoms with Crippen molar-refractivity contribution in [3.63, 3.8) is 0 Å². The van der Waals surface area contributed by atoms with Gasteiger partial charge in [-0.3, -0.25) is 9.78 Å². The molecule has 2 atom stereocenters. The molecule has 8 heteroatoms. The zero-order chi connectivity index (χ0) is 22.9. The second-order valence-electron chi connectivity index (χ2n) is 8.77. The minimum atomic E-state index is -0.972. The predicted octanol–water partition coefficient (Wildman–Crippen LogP) is 4.41. The molecule has 0 fully saturated rings. The maximum Gasteiger partial charge on any atom is 0.261 e. The molecule has 0 bridgehead atoms. The topological polar surface area (TPSA) is 77.0 Å². The summed E-state index contributed by atoms with van der Waals surface area (Å²) < 4.78 is 32.4. The van der Waals surface area contributed by atoms with E-state index < -0.39 is 23.6 Å². The molecule has 0 spiro atoms. The van der Waals surface area contributed by atoms with Crippen LogP contribution in [0, 0.1) is 17.0 Å². The van der Waals surface area contributed by atoms with Gasteiger partial charge in [0.25, 0.3) is 5.91 Å². The van der Waals surface area contributed by atoms with Gasteiger partial charge in [0, 0.05) is 35.8 Å². The first-order chi connectivity index (χ1) is 15.2. The third-order valence-electron chi connectivity index (χ3n) is 5.50. The van der Waals surface area contributed by atoms with Crippen LogP contribution in [0.2, 0.25) is 0 Å². The van der Waals surface area contributed by atoms with Crippen molar-refractivity contribution in [1.82, 2.24) is 20.3 Å². The van der Waals surface area contributed by atoms with E-state index in [4.69, 9.17) is 9.72 Å². The maximum absolute atomic E-state index is 13.9. The van der Waals surface area contributed by atoms with E-state index in [1.165, 1.54) is 13.0 Å². The molecule has 1 N–H and O–H groups in total. The summed E-state index contributed by atoms with van der Waals surface area (Å²) >= 11 is 0. The maximum atomic E-state index is 13.9. The highest BCUT2D eigenvalue weighted by Crippen LogP contribution is 2.40. The summed E-state index contributed by atoms with van der Waals surface area (Å²) in [6.07, 6.45) is 5.61. The SMILES string of the molecule is C[C@H](Oc1ccc(F)cc1F)C(=O)N[C@H]1CC(C)(C)Cc2nc(-c3ccncc3)ncc21. The second kappa shape index (κ2) is 8.61. The summed E-state index contributed by atoms with van der Waals surface area (Å²) in [5.74, 6) is -1.54. The van der Waals surface area contributed by atoms with Gasteiger partial charge in [-0.1, -0.05) is 13.8 Å². The van der Waals surface area contributed by atoms with Crippen molar-refractivity contribution in [1.29, 1.82) is 0 Å². The van der Waals surface area contributed by atoms with E-state index in [9.17, 15) is 13.6 Å². The Balaban J connectivity index is 1.54. The number of amides is 1. The van der Waals surface area contributed by atoms with Crippen LogP contribution in [0.15, 0.2) is 48.9 Å². The molecular formula is C24H24F2N4O2. The van der Waals surface area contributed by atoms with Gasteiger partial charge in [-0.25, -0.2) is 18.7 Å². The Bertz CT molecular complexity index is 1140. The Morgan fingerprint density at radius 1 is 1.22 bits per heavy atom. The molecule has 1 amide bonds. The standard InChI is InChI=1S/C24H24F2N4O2/c1-14(32-21-5-4-16(25)10-18(21)26)23(31)30-20-12-24(2,3)11-19-17(20)13-28-22(29-19)15-6-8-27-9-7-15/h4-10,13-14,20H,11-12H2,1-3H3,(H,30,31)/t14-,20-/m0/s1. The van der Waals surface area contributed by atoms with Gasteiger partial charge >= 0.3 is 0 Å². The lowest BCUT2D eigenvalue weighted by atomic mass is 9.74. The lowest BCUT2D eigenvalue weighted by molar-refractivity contribution is -0.128. The number of benzene rings is 1. The third-order valence-corrected chi connectivity index (χ3v) is 5.50. The summed E-state index contributed by atoms with van der Waals surface area (Å²) in [6, 6.07) is 6.36. The molecule has 2 aromatic heterocycles. The highest BCUT2D eigenvalue weighted by Gasteiger charge is 2.35. The first kappa shape index (κ1) is 21.8. The van der Waals surface area contributed by atoms with Gasteiger partial charge in [0.2, 0.25) is 0 Å². The number of hydrogen-bond donors (Lipinski definition) is 1. The lowest BCUT2D eigenvalue weighted by Gasteiger charge is -2.37. The average Bonchev–Trinajstić information content (AvgIpc) is 2.75. The van der Waals surface area contributed by atoms with Crippen LogP contribution in [0.1, 0.15) is 44.5 Å². The number of aromatic nitrogens is 3. The van der Waals surface area contributed by atoms with E-state index >= 15 is 0 Å². The minimum absolute atomic E-state index is 0.0953. The zero-order valence-corrected chi connectivity index (χ0v) is 18.1. The van der Waals surface area contributed by atoms with Crippen LogP contribution in [-0.2, 0) is 11.2 Å². The van der Waals surface area contributed by atoms with Crippen LogP contribution in [0.25, 0.3) is 11.4 Å². The second-order valence-corrected chi connectivity index (χ2v) is 8.77. The van der Waals surface area contributed by atoms with E-state index in [-0.39, 0.29) is 17.2 Å². The quantitative estimate of drug-likeness (QED) is 0.638. The first-order valence-electron chi connectivity index (χ1n) is 10.4. The van der Waals surface area contributed by atoms with Crippen LogP contribution in [0.5, 0.6) is 5.75 Å². The normalized spacial score (nSPS) is 17.8. The fourth-order valence-electron chi connectivity index (χ4n) is 3.92. The monoisotopic (exact) mass is 438 g/mol. The van der Waals surface area contributed by atoms with Crippen molar-refractivity contribution in [2.24, 2.45) is 5.41 Å². The highest BCUT2D eigenvalue weighted by atomic mass is 19.1. The van der Waals surface area contributed by atoms with Crippen LogP contribution in [0.3, 0.4) is 0 Å². The Morgan fingerprint density at radius 3 is 2.69 bits per heavy atom. The number of halogens is 2. The Kier molecular flexibility index (Phi) is 5.86. The average molecular weight is 438 g/mol. The molecule has 3 aromatic rings. The summed E-state index contributed by atoms with van der Waals surface area (Å²) in [4.78, 5) is 26.1. The van der Waals surface area contributed by atoms with Crippen molar-refractivity contribution in [3.05, 3.63) is 71.8 Å². The smallest absolute Gasteiger partial charge is 0.261 e. The van der Waals surface area contributed by atoms with Gasteiger partial charge in [0.05, 0.1) is 11.7 Å². The van der Waals surface area contributed by atoms with Crippen LogP contribution in [-0.4, -0.2) is 27.0 Å². The van der Waals surface area contributed by atoms with Gasteiger partial charge in [-0.15, -0.1) is 0 Å². The number of carbonyl (C=O) groups is 1. The van der Waals surface area contributed by atoms with Crippen molar-refractivity contribution in [2.75, 3.05) is 0 Å². The highest BCUT2D eigenvalue weighted by molar-refractivity contribution is 5.81. The van der Waals surface area contributed by atoms with E-state index in [1.54, 1.807) is 18.6 Å². The van der Waals surface area contributed by atoms with Crippen molar-refractivity contribution in [2.45, 2.75) is 45.8 Å². The van der Waals surface area contributed by atoms with Crippen molar-refractivity contribution in [3.8, 4) is 17.1 Å². The van der Waals surface area contributed by atoms with Crippen molar-refractivity contribution < 1.29 is 18.3 Å². The number of nitrogens with zero attached hydrogens (tertiary/aromatic N) is 3. The van der Waals surface area contributed by atoms with Gasteiger partial charge in [-0.05, 0) is 49.4 Å². The largest absolute Gasteiger partial charge is 0.478 e. The lowest BCUT2D eigenvalue weighted by Crippen LogP contribution is -2.42. The van der Waals surface area contributed by atoms with Crippen molar-refractivity contribution >= 4 is 5.91 Å². The Labute approximate surface area is 185 Å². The summed E-state index contributed by atoms with van der Waals surface area (Å²) in [5, 5.41) is 2.99. The zero-order valence-electron chi connectivity index (χ0n) is 18.1. The number of rotatable bonds is 5. The van der Waals surface area contributed by atoms with Gasteiger partial charge in [-0.2, -0.15) is 0 Å². The number of fused-ring (bicyclic) bond motifs is 1.